The van der Waals surface area contributed by atoms with Gasteiger partial charge in [0.1, 0.15) is 0 Å². The van der Waals surface area contributed by atoms with E-state index in [1.807, 2.05) is 0 Å². The molecule has 3 heteroatoms. The fourth-order valence-corrected chi connectivity index (χ4v) is 3.85. The largest absolute Gasteiger partial charge is 0.375 e. The van der Waals surface area contributed by atoms with Crippen LogP contribution in [-0.2, 0) is 9.53 Å². The van der Waals surface area contributed by atoms with Crippen LogP contribution in [0.5, 0.6) is 0 Å². The maximum Gasteiger partial charge on any atom is 0.153 e. The summed E-state index contributed by atoms with van der Waals surface area (Å²) in [5.41, 5.74) is 0.0805. The minimum absolute atomic E-state index is 0.0805. The predicted octanol–water partition coefficient (Wildman–Crippen LogP) is 2.05. The lowest BCUT2D eigenvalue weighted by Crippen LogP contribution is -2.44. The van der Waals surface area contributed by atoms with Gasteiger partial charge in [0.05, 0.1) is 11.6 Å². The lowest BCUT2D eigenvalue weighted by atomic mass is 9.80. The van der Waals surface area contributed by atoms with Crippen LogP contribution in [0.4, 0.5) is 0 Å². The lowest BCUT2D eigenvalue weighted by Gasteiger charge is -2.38. The highest BCUT2D eigenvalue weighted by molar-refractivity contribution is 5.86. The topological polar surface area (TPSA) is 38.3 Å². The number of nitrogens with one attached hydrogen (secondary N) is 1. The number of carbonyl (C=O) groups is 1. The van der Waals surface area contributed by atoms with Gasteiger partial charge in [-0.1, -0.05) is 12.8 Å². The van der Waals surface area contributed by atoms with Crippen LogP contribution in [0.1, 0.15) is 51.4 Å². The second kappa shape index (κ2) is 4.69. The molecule has 17 heavy (non-hydrogen) atoms. The van der Waals surface area contributed by atoms with Crippen LogP contribution in [0, 0.1) is 5.92 Å². The monoisotopic (exact) mass is 237 g/mol. The number of hydrogen-bond acceptors (Lipinski definition) is 3. The third-order valence-corrected chi connectivity index (χ3v) is 4.81. The van der Waals surface area contributed by atoms with Crippen molar-refractivity contribution >= 4 is 5.78 Å². The Bertz CT molecular complexity index is 291. The molecule has 96 valence electrons. The van der Waals surface area contributed by atoms with E-state index in [9.17, 15) is 4.79 Å². The Kier molecular flexibility index (Phi) is 3.22. The van der Waals surface area contributed by atoms with Gasteiger partial charge in [-0.05, 0) is 45.1 Å². The average Bonchev–Trinajstić information content (AvgIpc) is 3.00. The van der Waals surface area contributed by atoms with E-state index in [4.69, 9.17) is 4.74 Å². The average molecular weight is 237 g/mol. The van der Waals surface area contributed by atoms with Crippen LogP contribution in [-0.4, -0.2) is 30.6 Å². The van der Waals surface area contributed by atoms with Crippen molar-refractivity contribution < 1.29 is 9.53 Å². The maximum absolute atomic E-state index is 12.4. The van der Waals surface area contributed by atoms with Gasteiger partial charge >= 0.3 is 0 Å². The van der Waals surface area contributed by atoms with Crippen LogP contribution in [0.25, 0.3) is 0 Å². The number of Topliss-reactive ketones (excluding diaryl/α,β-unsaturated/α-hetero) is 1. The first kappa shape index (κ1) is 11.7. The van der Waals surface area contributed by atoms with Crippen LogP contribution in [0.2, 0.25) is 0 Å². The molecule has 0 aromatic carbocycles. The van der Waals surface area contributed by atoms with Crippen LogP contribution < -0.4 is 5.32 Å². The SMILES string of the molecule is O=C(C1CCOC2(CCCC2)C1)C1CCCN1. The number of hydrogen-bond donors (Lipinski definition) is 1. The van der Waals surface area contributed by atoms with Crippen LogP contribution in [0.15, 0.2) is 0 Å². The number of rotatable bonds is 2. The minimum Gasteiger partial charge on any atom is -0.375 e. The van der Waals surface area contributed by atoms with Gasteiger partial charge in [-0.3, -0.25) is 4.79 Å². The summed E-state index contributed by atoms with van der Waals surface area (Å²) in [6.07, 6.45) is 9.05. The Morgan fingerprint density at radius 2 is 2.00 bits per heavy atom. The van der Waals surface area contributed by atoms with Crippen molar-refractivity contribution in [3.63, 3.8) is 0 Å². The molecule has 0 radical (unpaired) electrons. The summed E-state index contributed by atoms with van der Waals surface area (Å²) < 4.78 is 6.00. The molecular formula is C14H23NO2. The van der Waals surface area contributed by atoms with Gasteiger partial charge in [0.25, 0.3) is 0 Å². The van der Waals surface area contributed by atoms with Gasteiger partial charge in [-0.15, -0.1) is 0 Å². The van der Waals surface area contributed by atoms with E-state index >= 15 is 0 Å². The predicted molar refractivity (Wildman–Crippen MR) is 65.9 cm³/mol. The summed E-state index contributed by atoms with van der Waals surface area (Å²) in [4.78, 5) is 12.4. The molecule has 1 saturated carbocycles. The summed E-state index contributed by atoms with van der Waals surface area (Å²) in [7, 11) is 0. The van der Waals surface area contributed by atoms with E-state index < -0.39 is 0 Å². The lowest BCUT2D eigenvalue weighted by molar-refractivity contribution is -0.137. The second-order valence-corrected chi connectivity index (χ2v) is 5.98. The molecule has 3 aliphatic rings. The molecule has 1 N–H and O–H groups in total. The first-order chi connectivity index (χ1) is 8.29. The second-order valence-electron chi connectivity index (χ2n) is 5.98. The fourth-order valence-electron chi connectivity index (χ4n) is 3.85. The van der Waals surface area contributed by atoms with Gasteiger partial charge in [0.15, 0.2) is 5.78 Å². The van der Waals surface area contributed by atoms with E-state index in [-0.39, 0.29) is 17.6 Å². The number of ketones is 1. The smallest absolute Gasteiger partial charge is 0.153 e. The summed E-state index contributed by atoms with van der Waals surface area (Å²) >= 11 is 0. The molecule has 0 aromatic heterocycles. The first-order valence-electron chi connectivity index (χ1n) is 7.20. The van der Waals surface area contributed by atoms with E-state index in [1.165, 1.54) is 25.7 Å². The van der Waals surface area contributed by atoms with Crippen molar-refractivity contribution in [2.24, 2.45) is 5.92 Å². The van der Waals surface area contributed by atoms with Crippen molar-refractivity contribution in [2.75, 3.05) is 13.2 Å². The molecule has 2 unspecified atom stereocenters. The molecule has 2 atom stereocenters. The van der Waals surface area contributed by atoms with Gasteiger partial charge in [-0.25, -0.2) is 0 Å². The molecule has 0 aromatic rings. The van der Waals surface area contributed by atoms with Crippen molar-refractivity contribution in [2.45, 2.75) is 63.0 Å². The highest BCUT2D eigenvalue weighted by Crippen LogP contribution is 2.42. The van der Waals surface area contributed by atoms with Crippen molar-refractivity contribution in [1.82, 2.24) is 5.32 Å². The fraction of sp³-hybridized carbons (Fsp3) is 0.929. The van der Waals surface area contributed by atoms with Gasteiger partial charge in [0, 0.05) is 12.5 Å². The maximum atomic E-state index is 12.4. The Morgan fingerprint density at radius 1 is 1.18 bits per heavy atom. The molecule has 3 fully saturated rings. The van der Waals surface area contributed by atoms with Crippen molar-refractivity contribution in [3.8, 4) is 0 Å². The molecule has 3 rings (SSSR count). The zero-order valence-electron chi connectivity index (χ0n) is 10.5. The Hall–Kier alpha value is -0.410. The summed E-state index contributed by atoms with van der Waals surface area (Å²) in [6, 6.07) is 0.150. The molecule has 0 amide bonds. The van der Waals surface area contributed by atoms with Gasteiger partial charge < -0.3 is 10.1 Å². The van der Waals surface area contributed by atoms with Gasteiger partial charge in [0.2, 0.25) is 0 Å². The standard InChI is InChI=1S/C14H23NO2/c16-13(12-4-3-8-15-12)11-5-9-17-14(10-11)6-1-2-7-14/h11-12,15H,1-10H2. The normalized spacial score (nSPS) is 36.5. The zero-order chi connectivity index (χ0) is 11.7. The Morgan fingerprint density at radius 3 is 2.71 bits per heavy atom. The molecular weight excluding hydrogens is 214 g/mol. The summed E-state index contributed by atoms with van der Waals surface area (Å²) in [5, 5.41) is 3.34. The van der Waals surface area contributed by atoms with Crippen LogP contribution in [0.3, 0.4) is 0 Å². The molecule has 3 nitrogen and oxygen atoms in total. The third-order valence-electron chi connectivity index (χ3n) is 4.81. The molecule has 1 spiro atoms. The van der Waals surface area contributed by atoms with Crippen molar-refractivity contribution in [1.29, 1.82) is 0 Å². The van der Waals surface area contributed by atoms with Crippen molar-refractivity contribution in [3.05, 3.63) is 0 Å². The first-order valence-corrected chi connectivity index (χ1v) is 7.20. The highest BCUT2D eigenvalue weighted by atomic mass is 16.5. The number of ether oxygens (including phenoxy) is 1. The molecule has 0 bridgehead atoms. The Labute approximate surface area is 103 Å². The molecule has 2 saturated heterocycles. The van der Waals surface area contributed by atoms with Gasteiger partial charge in [-0.2, -0.15) is 0 Å². The quantitative estimate of drug-likeness (QED) is 0.799. The third kappa shape index (κ3) is 2.27. The molecule has 1 aliphatic carbocycles. The van der Waals surface area contributed by atoms with E-state index in [2.05, 4.69) is 5.32 Å². The minimum atomic E-state index is 0.0805. The zero-order valence-corrected chi connectivity index (χ0v) is 10.5. The summed E-state index contributed by atoms with van der Waals surface area (Å²) in [5.74, 6) is 0.731. The Balaban J connectivity index is 1.64. The van der Waals surface area contributed by atoms with E-state index in [1.54, 1.807) is 0 Å². The summed E-state index contributed by atoms with van der Waals surface area (Å²) in [6.45, 7) is 1.81. The molecule has 2 aliphatic heterocycles. The van der Waals surface area contributed by atoms with E-state index in [0.29, 0.717) is 5.78 Å². The van der Waals surface area contributed by atoms with E-state index in [0.717, 1.165) is 38.8 Å². The highest BCUT2D eigenvalue weighted by Gasteiger charge is 2.43. The molecule has 2 heterocycles. The van der Waals surface area contributed by atoms with Crippen LogP contribution >= 0.6 is 0 Å². The number of carbonyl (C=O) groups excluding carboxylic acids is 1.